The number of hydrogen-bond donors (Lipinski definition) is 2. The second-order valence-electron chi connectivity index (χ2n) is 12.0. The number of carbonyl (C=O) groups excluding carboxylic acids is 2. The Morgan fingerprint density at radius 3 is 2.47 bits per heavy atom. The highest BCUT2D eigenvalue weighted by Gasteiger charge is 2.26. The van der Waals surface area contributed by atoms with Crippen LogP contribution in [0, 0.1) is 11.7 Å². The molecular formula is C35H46FN6O7PS. The fourth-order valence-electron chi connectivity index (χ4n) is 4.88. The number of imidazole rings is 1. The van der Waals surface area contributed by atoms with Crippen LogP contribution in [0.5, 0.6) is 0 Å². The van der Waals surface area contributed by atoms with Crippen molar-refractivity contribution in [1.29, 1.82) is 0 Å². The summed E-state index contributed by atoms with van der Waals surface area (Å²) in [7, 11) is -3.75. The maximum atomic E-state index is 14.9. The molecule has 0 saturated heterocycles. The molecule has 0 spiro atoms. The molecule has 2 aromatic heterocycles. The number of ether oxygens (including phenoxy) is 2. The Balaban J connectivity index is 1.25. The number of fused-ring (bicyclic) bond motifs is 1. The molecule has 4 rings (SSSR count). The number of benzene rings is 2. The average Bonchev–Trinajstić information content (AvgIpc) is 3.56. The number of nitrogens with two attached hydrogens (primary N) is 2. The number of thioether (sulfide) groups is 1. The molecule has 0 saturated carbocycles. The van der Waals surface area contributed by atoms with Crippen LogP contribution in [0.25, 0.3) is 22.3 Å². The summed E-state index contributed by atoms with van der Waals surface area (Å²) in [5.74, 6) is -0.873. The monoisotopic (exact) mass is 744 g/mol. The van der Waals surface area contributed by atoms with Crippen LogP contribution in [-0.4, -0.2) is 75.2 Å². The Hall–Kier alpha value is -3.72. The van der Waals surface area contributed by atoms with E-state index in [9.17, 15) is 18.5 Å². The molecule has 0 bridgehead atoms. The van der Waals surface area contributed by atoms with E-state index in [-0.39, 0.29) is 56.0 Å². The topological polar surface area (TPSA) is 184 Å². The van der Waals surface area contributed by atoms with Gasteiger partial charge in [-0.05, 0) is 36.5 Å². The molecule has 0 fully saturated rings. The third kappa shape index (κ3) is 11.6. The summed E-state index contributed by atoms with van der Waals surface area (Å²) in [6.45, 7) is 6.07. The average molecular weight is 745 g/mol. The van der Waals surface area contributed by atoms with Crippen LogP contribution in [0.15, 0.2) is 61.2 Å². The van der Waals surface area contributed by atoms with Crippen molar-refractivity contribution in [2.24, 2.45) is 11.7 Å². The number of hydrogen-bond acceptors (Lipinski definition) is 13. The van der Waals surface area contributed by atoms with E-state index >= 15 is 0 Å². The molecule has 4 aromatic rings. The largest absolute Gasteiger partial charge is 0.465 e. The summed E-state index contributed by atoms with van der Waals surface area (Å²) in [6.07, 6.45) is 4.04. The molecule has 0 amide bonds. The van der Waals surface area contributed by atoms with Crippen molar-refractivity contribution in [2.75, 3.05) is 44.3 Å². The lowest BCUT2D eigenvalue weighted by atomic mass is 9.97. The number of aromatic nitrogens is 4. The highest BCUT2D eigenvalue weighted by molar-refractivity contribution is 8.13. The molecule has 3 unspecified atom stereocenters. The minimum absolute atomic E-state index is 0.0114. The highest BCUT2D eigenvalue weighted by atomic mass is 32.2. The van der Waals surface area contributed by atoms with E-state index in [0.717, 1.165) is 23.7 Å². The van der Waals surface area contributed by atoms with Gasteiger partial charge in [0.2, 0.25) is 5.12 Å². The van der Waals surface area contributed by atoms with E-state index in [0.29, 0.717) is 41.0 Å². The van der Waals surface area contributed by atoms with Crippen LogP contribution >= 0.6 is 19.4 Å². The number of esters is 1. The van der Waals surface area contributed by atoms with Gasteiger partial charge in [0, 0.05) is 24.3 Å². The molecule has 0 radical (unpaired) electrons. The quantitative estimate of drug-likeness (QED) is 0.0561. The Labute approximate surface area is 301 Å². The van der Waals surface area contributed by atoms with Gasteiger partial charge in [0.1, 0.15) is 24.0 Å². The van der Waals surface area contributed by atoms with Gasteiger partial charge in [-0.3, -0.25) is 14.2 Å². The van der Waals surface area contributed by atoms with E-state index in [1.165, 1.54) is 12.4 Å². The van der Waals surface area contributed by atoms with Gasteiger partial charge >= 0.3 is 13.6 Å². The van der Waals surface area contributed by atoms with Crippen molar-refractivity contribution in [3.8, 4) is 11.1 Å². The molecule has 16 heteroatoms. The second kappa shape index (κ2) is 19.8. The lowest BCUT2D eigenvalue weighted by molar-refractivity contribution is -0.145. The number of nitrogens with zero attached hydrogens (tertiary/aromatic N) is 4. The van der Waals surface area contributed by atoms with Crippen LogP contribution in [0.3, 0.4) is 0 Å². The fourth-order valence-corrected chi connectivity index (χ4v) is 7.16. The Morgan fingerprint density at radius 2 is 1.75 bits per heavy atom. The number of nitrogen functional groups attached to an aromatic ring is 1. The molecule has 13 nitrogen and oxygen atoms in total. The number of anilines is 1. The second-order valence-corrected chi connectivity index (χ2v) is 15.1. The lowest BCUT2D eigenvalue weighted by Crippen LogP contribution is -2.35. The van der Waals surface area contributed by atoms with Crippen LogP contribution in [0.4, 0.5) is 10.2 Å². The predicted molar refractivity (Wildman–Crippen MR) is 195 cm³/mol. The first-order valence-electron chi connectivity index (χ1n) is 16.8. The maximum absolute atomic E-state index is 14.9. The van der Waals surface area contributed by atoms with E-state index in [4.69, 9.17) is 30.0 Å². The summed E-state index contributed by atoms with van der Waals surface area (Å²) in [5.41, 5.74) is 14.6. The minimum Gasteiger partial charge on any atom is -0.465 e. The highest BCUT2D eigenvalue weighted by Crippen LogP contribution is 2.48. The molecule has 0 aliphatic carbocycles. The van der Waals surface area contributed by atoms with Crippen molar-refractivity contribution in [1.82, 2.24) is 19.5 Å². The van der Waals surface area contributed by atoms with E-state index < -0.39 is 31.3 Å². The minimum atomic E-state index is -3.75. The fraction of sp³-hybridized carbons (Fsp3) is 0.457. The SMILES string of the molecule is CCC(C)[C@@H](N)C(=O)SCCCOP(=O)(COCCn1cnc2c(N)ncnc21)OCCCOC(=O)C(C)c1ccc(-c2ccccc2)c(F)c1. The van der Waals surface area contributed by atoms with Gasteiger partial charge in [0.25, 0.3) is 0 Å². The van der Waals surface area contributed by atoms with Gasteiger partial charge in [0.15, 0.2) is 11.5 Å². The predicted octanol–water partition coefficient (Wildman–Crippen LogP) is 6.18. The van der Waals surface area contributed by atoms with Gasteiger partial charge < -0.3 is 34.6 Å². The zero-order valence-corrected chi connectivity index (χ0v) is 30.8. The molecule has 276 valence electrons. The molecule has 4 N–H and O–H groups in total. The van der Waals surface area contributed by atoms with Gasteiger partial charge in [-0.25, -0.2) is 19.3 Å². The third-order valence-corrected chi connectivity index (χ3v) is 11.0. The summed E-state index contributed by atoms with van der Waals surface area (Å²) in [5, 5.41) is -0.0932. The molecule has 4 atom stereocenters. The van der Waals surface area contributed by atoms with Gasteiger partial charge in [-0.2, -0.15) is 0 Å². The van der Waals surface area contributed by atoms with Gasteiger partial charge in [0.05, 0.1) is 44.7 Å². The van der Waals surface area contributed by atoms with Crippen molar-refractivity contribution in [3.63, 3.8) is 0 Å². The van der Waals surface area contributed by atoms with Crippen LogP contribution in [0.2, 0.25) is 0 Å². The standard InChI is InChI=1S/C35H46FN6O7PS/c1-4-24(2)30(37)35(44)51-19-9-17-49-50(45,23-46-18-14-42-22-41-31-32(38)39-21-40-33(31)42)48-16-8-15-47-34(43)25(3)27-12-13-28(29(36)20-27)26-10-6-5-7-11-26/h5-7,10-13,20-22,24-25,30H,4,8-9,14-19,23,37H2,1-3H3,(H2,38,39,40)/t24?,25?,30-,50?/m1/s1. The summed E-state index contributed by atoms with van der Waals surface area (Å²) >= 11 is 1.13. The maximum Gasteiger partial charge on any atom is 0.356 e. The molecule has 2 heterocycles. The first-order valence-corrected chi connectivity index (χ1v) is 19.5. The Morgan fingerprint density at radius 1 is 1.00 bits per heavy atom. The van der Waals surface area contributed by atoms with Crippen LogP contribution in [-0.2, 0) is 39.2 Å². The normalized spacial score (nSPS) is 14.5. The molecule has 51 heavy (non-hydrogen) atoms. The van der Waals surface area contributed by atoms with E-state index in [2.05, 4.69) is 15.0 Å². The first-order chi connectivity index (χ1) is 24.5. The molecule has 0 aliphatic rings. The Bertz CT molecular complexity index is 1780. The number of carbonyl (C=O) groups is 2. The molecular weight excluding hydrogens is 698 g/mol. The summed E-state index contributed by atoms with van der Waals surface area (Å²) in [4.78, 5) is 37.5. The third-order valence-electron chi connectivity index (χ3n) is 8.26. The first kappa shape index (κ1) is 40.1. The van der Waals surface area contributed by atoms with Crippen LogP contribution < -0.4 is 11.5 Å². The van der Waals surface area contributed by atoms with Gasteiger partial charge in [-0.1, -0.05) is 74.5 Å². The summed E-state index contributed by atoms with van der Waals surface area (Å²) in [6, 6.07) is 13.3. The van der Waals surface area contributed by atoms with E-state index in [1.807, 2.05) is 44.2 Å². The Kier molecular flexibility index (Phi) is 15.5. The van der Waals surface area contributed by atoms with E-state index in [1.54, 1.807) is 30.0 Å². The lowest BCUT2D eigenvalue weighted by Gasteiger charge is -2.19. The van der Waals surface area contributed by atoms with Crippen molar-refractivity contribution >= 4 is 47.4 Å². The molecule has 2 aromatic carbocycles. The molecule has 0 aliphatic heterocycles. The number of rotatable bonds is 21. The van der Waals surface area contributed by atoms with Crippen LogP contribution in [0.1, 0.15) is 51.5 Å². The zero-order chi connectivity index (χ0) is 36.8. The van der Waals surface area contributed by atoms with Crippen molar-refractivity contribution < 1.29 is 37.1 Å². The smallest absolute Gasteiger partial charge is 0.356 e. The van der Waals surface area contributed by atoms with Crippen molar-refractivity contribution in [2.45, 2.75) is 58.5 Å². The zero-order valence-electron chi connectivity index (χ0n) is 29.1. The number of halogens is 1. The van der Waals surface area contributed by atoms with Crippen molar-refractivity contribution in [3.05, 3.63) is 72.6 Å². The summed E-state index contributed by atoms with van der Waals surface area (Å²) < 4.78 is 52.8. The van der Waals surface area contributed by atoms with Gasteiger partial charge in [-0.15, -0.1) is 0 Å².